The molecule has 110 valence electrons. The van der Waals surface area contributed by atoms with Crippen LogP contribution in [0.2, 0.25) is 0 Å². The van der Waals surface area contributed by atoms with Gasteiger partial charge in [-0.25, -0.2) is 0 Å². The molecule has 0 radical (unpaired) electrons. The number of hydrogen-bond acceptors (Lipinski definition) is 3. The summed E-state index contributed by atoms with van der Waals surface area (Å²) in [6, 6.07) is 0. The minimum atomic E-state index is -0.856. The Morgan fingerprint density at radius 3 is 2.90 bits per heavy atom. The van der Waals surface area contributed by atoms with Crippen molar-refractivity contribution in [2.24, 2.45) is 11.8 Å². The molecule has 4 heteroatoms. The van der Waals surface area contributed by atoms with E-state index in [4.69, 9.17) is 5.11 Å². The maximum atomic E-state index is 11.8. The van der Waals surface area contributed by atoms with Gasteiger partial charge in [-0.05, 0) is 18.8 Å². The number of allylic oxidation sites excluding steroid dienone is 1. The lowest BCUT2D eigenvalue weighted by Crippen LogP contribution is -2.13. The number of rotatable bonds is 6. The molecule has 1 saturated carbocycles. The lowest BCUT2D eigenvalue weighted by atomic mass is 9.91. The second kappa shape index (κ2) is 8.55. The van der Waals surface area contributed by atoms with Gasteiger partial charge >= 0.3 is 5.97 Å². The molecule has 0 bridgehead atoms. The van der Waals surface area contributed by atoms with Crippen molar-refractivity contribution in [2.75, 3.05) is 0 Å². The Labute approximate surface area is 119 Å². The van der Waals surface area contributed by atoms with Crippen LogP contribution in [0.5, 0.6) is 0 Å². The molecular weight excluding hydrogens is 256 g/mol. The molecule has 4 nitrogen and oxygen atoms in total. The summed E-state index contributed by atoms with van der Waals surface area (Å²) in [6.45, 7) is 1.90. The third-order valence-corrected chi connectivity index (χ3v) is 3.56. The average molecular weight is 278 g/mol. The summed E-state index contributed by atoms with van der Waals surface area (Å²) in [5, 5.41) is 18.0. The molecule has 2 N–H and O–H groups in total. The van der Waals surface area contributed by atoms with E-state index in [1.807, 2.05) is 13.0 Å². The fourth-order valence-corrected chi connectivity index (χ4v) is 2.28. The summed E-state index contributed by atoms with van der Waals surface area (Å²) >= 11 is 0. The van der Waals surface area contributed by atoms with E-state index < -0.39 is 12.1 Å². The van der Waals surface area contributed by atoms with E-state index in [1.54, 1.807) is 6.08 Å². The molecule has 0 aromatic carbocycles. The highest BCUT2D eigenvalue weighted by Crippen LogP contribution is 2.32. The van der Waals surface area contributed by atoms with Gasteiger partial charge in [0.15, 0.2) is 0 Å². The monoisotopic (exact) mass is 278 g/mol. The first-order valence-corrected chi connectivity index (χ1v) is 7.11. The van der Waals surface area contributed by atoms with Gasteiger partial charge in [0.25, 0.3) is 0 Å². The predicted octanol–water partition coefficient (Wildman–Crippen LogP) is 2.17. The highest BCUT2D eigenvalue weighted by atomic mass is 16.4. The summed E-state index contributed by atoms with van der Waals surface area (Å²) in [5.74, 6) is 5.13. The van der Waals surface area contributed by atoms with Crippen molar-refractivity contribution in [1.82, 2.24) is 0 Å². The Morgan fingerprint density at radius 2 is 2.25 bits per heavy atom. The minimum absolute atomic E-state index is 0.0393. The fraction of sp³-hybridized carbons (Fsp3) is 0.625. The Balaban J connectivity index is 2.50. The number of aliphatic hydroxyl groups excluding tert-OH is 1. The second-order valence-corrected chi connectivity index (χ2v) is 5.09. The third kappa shape index (κ3) is 5.58. The van der Waals surface area contributed by atoms with Gasteiger partial charge in [0.1, 0.15) is 5.78 Å². The third-order valence-electron chi connectivity index (χ3n) is 3.56. The van der Waals surface area contributed by atoms with E-state index in [2.05, 4.69) is 11.8 Å². The second-order valence-electron chi connectivity index (χ2n) is 5.09. The highest BCUT2D eigenvalue weighted by molar-refractivity contribution is 5.84. The topological polar surface area (TPSA) is 74.6 Å². The average Bonchev–Trinajstić information content (AvgIpc) is 2.76. The zero-order valence-corrected chi connectivity index (χ0v) is 11.8. The van der Waals surface area contributed by atoms with Crippen LogP contribution < -0.4 is 0 Å². The smallest absolute Gasteiger partial charge is 0.304 e. The summed E-state index contributed by atoms with van der Waals surface area (Å²) in [4.78, 5) is 22.2. The quantitative estimate of drug-likeness (QED) is 0.577. The van der Waals surface area contributed by atoms with Crippen molar-refractivity contribution in [2.45, 2.75) is 51.6 Å². The molecule has 1 unspecified atom stereocenters. The number of carbonyl (C=O) groups is 2. The summed E-state index contributed by atoms with van der Waals surface area (Å²) in [6.07, 6.45) is 6.13. The first-order chi connectivity index (χ1) is 9.54. The lowest BCUT2D eigenvalue weighted by molar-refractivity contribution is -0.136. The summed E-state index contributed by atoms with van der Waals surface area (Å²) < 4.78 is 0. The molecule has 0 heterocycles. The van der Waals surface area contributed by atoms with Gasteiger partial charge in [-0.2, -0.15) is 0 Å². The Bertz CT molecular complexity index is 427. The first-order valence-electron chi connectivity index (χ1n) is 7.11. The molecule has 0 aliphatic heterocycles. The van der Waals surface area contributed by atoms with Crippen LogP contribution in [0.3, 0.4) is 0 Å². The van der Waals surface area contributed by atoms with Crippen molar-refractivity contribution >= 4 is 11.8 Å². The predicted molar refractivity (Wildman–Crippen MR) is 75.9 cm³/mol. The van der Waals surface area contributed by atoms with Crippen molar-refractivity contribution in [1.29, 1.82) is 0 Å². The standard InChI is InChI=1S/C16H22O4/c1-2-13(17)10-8-12-9-11-15(18)14(12)6-4-3-5-7-16(19)20/h8,10,12-14,17H,2,5-7,9,11H2,1H3,(H,19,20)/t12-,13?,14+/m1/s1. The summed E-state index contributed by atoms with van der Waals surface area (Å²) in [5.41, 5.74) is 0. The van der Waals surface area contributed by atoms with E-state index in [0.29, 0.717) is 25.7 Å². The molecule has 0 aromatic rings. The van der Waals surface area contributed by atoms with Crippen LogP contribution in [0.1, 0.15) is 45.4 Å². The number of Topliss-reactive ketones (excluding diaryl/α,β-unsaturated/α-hetero) is 1. The van der Waals surface area contributed by atoms with Crippen LogP contribution in [-0.4, -0.2) is 28.1 Å². The molecule has 0 aromatic heterocycles. The molecule has 1 aliphatic rings. The SMILES string of the molecule is CCC(O)C=C[C@@H]1CCC(=O)[C@H]1CC#CCCC(=O)O. The zero-order valence-electron chi connectivity index (χ0n) is 11.8. The van der Waals surface area contributed by atoms with Crippen molar-refractivity contribution < 1.29 is 19.8 Å². The van der Waals surface area contributed by atoms with E-state index in [1.165, 1.54) is 0 Å². The van der Waals surface area contributed by atoms with Gasteiger partial charge < -0.3 is 10.2 Å². The van der Waals surface area contributed by atoms with Crippen LogP contribution in [0.4, 0.5) is 0 Å². The van der Waals surface area contributed by atoms with E-state index in [9.17, 15) is 14.7 Å². The molecular formula is C16H22O4. The molecule has 0 amide bonds. The van der Waals surface area contributed by atoms with Gasteiger partial charge in [-0.1, -0.05) is 19.1 Å². The van der Waals surface area contributed by atoms with Crippen LogP contribution >= 0.6 is 0 Å². The zero-order chi connectivity index (χ0) is 15.0. The van der Waals surface area contributed by atoms with E-state index >= 15 is 0 Å². The molecule has 0 saturated heterocycles. The molecule has 1 fully saturated rings. The molecule has 1 rings (SSSR count). The normalized spacial score (nSPS) is 23.6. The maximum absolute atomic E-state index is 11.8. The van der Waals surface area contributed by atoms with Crippen LogP contribution in [-0.2, 0) is 9.59 Å². The Hall–Kier alpha value is -1.60. The van der Waals surface area contributed by atoms with Gasteiger partial charge in [-0.15, -0.1) is 11.8 Å². The van der Waals surface area contributed by atoms with Gasteiger partial charge in [0.2, 0.25) is 0 Å². The molecule has 20 heavy (non-hydrogen) atoms. The number of carboxylic acids is 1. The molecule has 3 atom stereocenters. The van der Waals surface area contributed by atoms with E-state index in [-0.39, 0.29) is 24.0 Å². The maximum Gasteiger partial charge on any atom is 0.304 e. The van der Waals surface area contributed by atoms with Crippen LogP contribution in [0.15, 0.2) is 12.2 Å². The fourth-order valence-electron chi connectivity index (χ4n) is 2.28. The van der Waals surface area contributed by atoms with Crippen LogP contribution in [0, 0.1) is 23.7 Å². The number of carboxylic acid groups (broad SMARTS) is 1. The lowest BCUT2D eigenvalue weighted by Gasteiger charge is -2.12. The molecule has 1 aliphatic carbocycles. The van der Waals surface area contributed by atoms with Crippen molar-refractivity contribution in [3.63, 3.8) is 0 Å². The number of carbonyl (C=O) groups excluding carboxylic acids is 1. The van der Waals surface area contributed by atoms with Crippen molar-refractivity contribution in [3.8, 4) is 11.8 Å². The highest BCUT2D eigenvalue weighted by Gasteiger charge is 2.32. The van der Waals surface area contributed by atoms with Crippen molar-refractivity contribution in [3.05, 3.63) is 12.2 Å². The van der Waals surface area contributed by atoms with Gasteiger partial charge in [-0.3, -0.25) is 9.59 Å². The number of aliphatic hydroxyl groups is 1. The van der Waals surface area contributed by atoms with E-state index in [0.717, 1.165) is 6.42 Å². The summed E-state index contributed by atoms with van der Waals surface area (Å²) in [7, 11) is 0. The number of aliphatic carboxylic acids is 1. The Kier molecular flexibility index (Phi) is 7.03. The van der Waals surface area contributed by atoms with Crippen LogP contribution in [0.25, 0.3) is 0 Å². The number of hydrogen-bond donors (Lipinski definition) is 2. The Morgan fingerprint density at radius 1 is 1.50 bits per heavy atom. The largest absolute Gasteiger partial charge is 0.481 e. The number of ketones is 1. The minimum Gasteiger partial charge on any atom is -0.481 e. The van der Waals surface area contributed by atoms with Gasteiger partial charge in [0, 0.05) is 25.2 Å². The molecule has 0 spiro atoms. The first kappa shape index (κ1) is 16.5. The van der Waals surface area contributed by atoms with Gasteiger partial charge in [0.05, 0.1) is 12.5 Å².